The molecular weight excluding hydrogens is 300 g/mol. The Kier molecular flexibility index (Phi) is 5.97. The molecule has 0 spiro atoms. The molecule has 2 rings (SSSR count). The Morgan fingerprint density at radius 1 is 1.09 bits per heavy atom. The van der Waals surface area contributed by atoms with E-state index in [1.165, 1.54) is 4.31 Å². The van der Waals surface area contributed by atoms with Crippen LogP contribution in [0.3, 0.4) is 0 Å². The normalized spacial score (nSPS) is 17.2. The molecule has 0 aromatic heterocycles. The lowest BCUT2D eigenvalue weighted by Gasteiger charge is -2.22. The van der Waals surface area contributed by atoms with Crippen molar-refractivity contribution in [3.8, 4) is 0 Å². The van der Waals surface area contributed by atoms with Gasteiger partial charge in [-0.3, -0.25) is 4.79 Å². The molecule has 0 radical (unpaired) electrons. The Morgan fingerprint density at radius 2 is 1.82 bits per heavy atom. The van der Waals surface area contributed by atoms with Gasteiger partial charge in [0.15, 0.2) is 0 Å². The lowest BCUT2D eigenvalue weighted by molar-refractivity contribution is -0.131. The van der Waals surface area contributed by atoms with Crippen molar-refractivity contribution in [3.05, 3.63) is 30.3 Å². The van der Waals surface area contributed by atoms with Crippen molar-refractivity contribution in [2.75, 3.05) is 26.2 Å². The largest absolute Gasteiger partial charge is 0.341 e. The van der Waals surface area contributed by atoms with E-state index in [9.17, 15) is 13.2 Å². The maximum atomic E-state index is 12.6. The molecule has 5 nitrogen and oxygen atoms in total. The first kappa shape index (κ1) is 17.0. The van der Waals surface area contributed by atoms with Crippen LogP contribution in [0.4, 0.5) is 0 Å². The van der Waals surface area contributed by atoms with E-state index in [2.05, 4.69) is 6.92 Å². The van der Waals surface area contributed by atoms with Gasteiger partial charge in [-0.05, 0) is 25.0 Å². The van der Waals surface area contributed by atoms with E-state index in [0.29, 0.717) is 43.9 Å². The zero-order valence-corrected chi connectivity index (χ0v) is 13.9. The molecule has 1 aromatic carbocycles. The summed E-state index contributed by atoms with van der Waals surface area (Å²) in [5, 5.41) is 0. The number of sulfonamides is 1. The summed E-state index contributed by atoms with van der Waals surface area (Å²) in [6.07, 6.45) is 3.13. The monoisotopic (exact) mass is 324 g/mol. The predicted octanol–water partition coefficient (Wildman–Crippen LogP) is 2.10. The fourth-order valence-electron chi connectivity index (χ4n) is 2.61. The topological polar surface area (TPSA) is 57.7 Å². The first-order valence-corrected chi connectivity index (χ1v) is 9.32. The highest BCUT2D eigenvalue weighted by Crippen LogP contribution is 2.17. The second-order valence-electron chi connectivity index (χ2n) is 5.56. The molecule has 0 bridgehead atoms. The van der Waals surface area contributed by atoms with E-state index in [1.54, 1.807) is 35.2 Å². The van der Waals surface area contributed by atoms with Crippen LogP contribution in [0.15, 0.2) is 35.2 Å². The Bertz CT molecular complexity index is 587. The smallest absolute Gasteiger partial charge is 0.243 e. The zero-order valence-electron chi connectivity index (χ0n) is 13.1. The third-order valence-electron chi connectivity index (χ3n) is 3.93. The van der Waals surface area contributed by atoms with Gasteiger partial charge in [-0.1, -0.05) is 31.5 Å². The van der Waals surface area contributed by atoms with Gasteiger partial charge in [-0.15, -0.1) is 0 Å². The van der Waals surface area contributed by atoms with Crippen molar-refractivity contribution >= 4 is 15.9 Å². The van der Waals surface area contributed by atoms with E-state index in [4.69, 9.17) is 0 Å². The van der Waals surface area contributed by atoms with Gasteiger partial charge in [-0.2, -0.15) is 4.31 Å². The van der Waals surface area contributed by atoms with Gasteiger partial charge in [0, 0.05) is 32.6 Å². The number of hydrogen-bond donors (Lipinski definition) is 0. The molecular formula is C16H24N2O3S. The van der Waals surface area contributed by atoms with E-state index in [0.717, 1.165) is 12.8 Å². The molecule has 1 aromatic rings. The molecule has 0 unspecified atom stereocenters. The van der Waals surface area contributed by atoms with Crippen molar-refractivity contribution < 1.29 is 13.2 Å². The SMILES string of the molecule is CCCCC(=O)N1CCCN(S(=O)(=O)c2ccccc2)CC1. The summed E-state index contributed by atoms with van der Waals surface area (Å²) >= 11 is 0. The molecule has 0 saturated carbocycles. The summed E-state index contributed by atoms with van der Waals surface area (Å²) in [5.41, 5.74) is 0. The van der Waals surface area contributed by atoms with E-state index < -0.39 is 10.0 Å². The highest BCUT2D eigenvalue weighted by molar-refractivity contribution is 7.89. The maximum Gasteiger partial charge on any atom is 0.243 e. The first-order valence-electron chi connectivity index (χ1n) is 7.88. The molecule has 6 heteroatoms. The number of unbranched alkanes of at least 4 members (excludes halogenated alkanes) is 1. The third-order valence-corrected chi connectivity index (χ3v) is 5.85. The molecule has 0 atom stereocenters. The molecule has 0 aliphatic carbocycles. The van der Waals surface area contributed by atoms with E-state index in [-0.39, 0.29) is 5.91 Å². The standard InChI is InChI=1S/C16H24N2O3S/c1-2-3-10-16(19)17-11-7-12-18(14-13-17)22(20,21)15-8-5-4-6-9-15/h4-6,8-9H,2-3,7,10-14H2,1H3. The van der Waals surface area contributed by atoms with Gasteiger partial charge in [0.25, 0.3) is 0 Å². The molecule has 1 aliphatic heterocycles. The van der Waals surface area contributed by atoms with Gasteiger partial charge in [0.2, 0.25) is 15.9 Å². The number of rotatable bonds is 5. The summed E-state index contributed by atoms with van der Waals surface area (Å²) in [7, 11) is -3.46. The van der Waals surface area contributed by atoms with Crippen LogP contribution < -0.4 is 0 Å². The molecule has 1 heterocycles. The summed E-state index contributed by atoms with van der Waals surface area (Å²) in [5.74, 6) is 0.140. The van der Waals surface area contributed by atoms with Gasteiger partial charge in [-0.25, -0.2) is 8.42 Å². The maximum absolute atomic E-state index is 12.6. The Balaban J connectivity index is 2.03. The molecule has 1 amide bonds. The van der Waals surface area contributed by atoms with Gasteiger partial charge >= 0.3 is 0 Å². The highest BCUT2D eigenvalue weighted by Gasteiger charge is 2.27. The Morgan fingerprint density at radius 3 is 2.50 bits per heavy atom. The van der Waals surface area contributed by atoms with Gasteiger partial charge in [0.1, 0.15) is 0 Å². The summed E-state index contributed by atoms with van der Waals surface area (Å²) in [6, 6.07) is 8.49. The van der Waals surface area contributed by atoms with Crippen LogP contribution in [-0.2, 0) is 14.8 Å². The summed E-state index contributed by atoms with van der Waals surface area (Å²) in [4.78, 5) is 14.2. The lowest BCUT2D eigenvalue weighted by atomic mass is 10.2. The molecule has 1 saturated heterocycles. The summed E-state index contributed by atoms with van der Waals surface area (Å²) < 4.78 is 26.7. The number of benzene rings is 1. The van der Waals surface area contributed by atoms with E-state index in [1.807, 2.05) is 0 Å². The van der Waals surface area contributed by atoms with Crippen LogP contribution in [0.2, 0.25) is 0 Å². The molecule has 1 fully saturated rings. The van der Waals surface area contributed by atoms with Crippen LogP contribution in [0.25, 0.3) is 0 Å². The second-order valence-corrected chi connectivity index (χ2v) is 7.49. The fraction of sp³-hybridized carbons (Fsp3) is 0.562. The van der Waals surface area contributed by atoms with E-state index >= 15 is 0 Å². The Labute approximate surface area is 133 Å². The third kappa shape index (κ3) is 4.08. The molecule has 22 heavy (non-hydrogen) atoms. The number of hydrogen-bond acceptors (Lipinski definition) is 3. The van der Waals surface area contributed by atoms with Crippen LogP contribution in [0.1, 0.15) is 32.6 Å². The number of carbonyl (C=O) groups excluding carboxylic acids is 1. The highest BCUT2D eigenvalue weighted by atomic mass is 32.2. The quantitative estimate of drug-likeness (QED) is 0.833. The minimum atomic E-state index is -3.46. The number of carbonyl (C=O) groups is 1. The van der Waals surface area contributed by atoms with Crippen LogP contribution in [0, 0.1) is 0 Å². The van der Waals surface area contributed by atoms with Gasteiger partial charge < -0.3 is 4.90 Å². The second kappa shape index (κ2) is 7.74. The van der Waals surface area contributed by atoms with Crippen molar-refractivity contribution in [1.82, 2.24) is 9.21 Å². The average Bonchev–Trinajstić information content (AvgIpc) is 2.80. The molecule has 122 valence electrons. The van der Waals surface area contributed by atoms with Crippen molar-refractivity contribution in [2.24, 2.45) is 0 Å². The minimum Gasteiger partial charge on any atom is -0.341 e. The number of nitrogens with zero attached hydrogens (tertiary/aromatic N) is 2. The predicted molar refractivity (Wildman–Crippen MR) is 85.9 cm³/mol. The van der Waals surface area contributed by atoms with Crippen molar-refractivity contribution in [2.45, 2.75) is 37.5 Å². The average molecular weight is 324 g/mol. The number of amides is 1. The summed E-state index contributed by atoms with van der Waals surface area (Å²) in [6.45, 7) is 4.02. The van der Waals surface area contributed by atoms with Crippen LogP contribution in [-0.4, -0.2) is 49.7 Å². The zero-order chi connectivity index (χ0) is 16.0. The van der Waals surface area contributed by atoms with Crippen molar-refractivity contribution in [3.63, 3.8) is 0 Å². The lowest BCUT2D eigenvalue weighted by Crippen LogP contribution is -2.37. The van der Waals surface area contributed by atoms with Crippen LogP contribution >= 0.6 is 0 Å². The Hall–Kier alpha value is -1.40. The molecule has 1 aliphatic rings. The molecule has 0 N–H and O–H groups in total. The van der Waals surface area contributed by atoms with Crippen molar-refractivity contribution in [1.29, 1.82) is 0 Å². The fourth-order valence-corrected chi connectivity index (χ4v) is 4.10. The van der Waals surface area contributed by atoms with Crippen LogP contribution in [0.5, 0.6) is 0 Å². The minimum absolute atomic E-state index is 0.140. The van der Waals surface area contributed by atoms with Gasteiger partial charge in [0.05, 0.1) is 4.90 Å². The first-order chi connectivity index (χ1) is 10.6.